The van der Waals surface area contributed by atoms with Crippen molar-refractivity contribution in [2.45, 2.75) is 25.5 Å². The van der Waals surface area contributed by atoms with E-state index in [1.54, 1.807) is 10.9 Å². The number of hydrogen-bond acceptors (Lipinski definition) is 5. The van der Waals surface area contributed by atoms with Crippen LogP contribution in [-0.4, -0.2) is 31.4 Å². The first-order chi connectivity index (χ1) is 12.1. The van der Waals surface area contributed by atoms with E-state index in [1.807, 2.05) is 56.4 Å². The van der Waals surface area contributed by atoms with Crippen molar-refractivity contribution in [1.29, 1.82) is 0 Å². The van der Waals surface area contributed by atoms with Crippen LogP contribution in [0.4, 0.5) is 0 Å². The van der Waals surface area contributed by atoms with E-state index in [4.69, 9.17) is 0 Å². The summed E-state index contributed by atoms with van der Waals surface area (Å²) < 4.78 is 1.79. The lowest BCUT2D eigenvalue weighted by Gasteiger charge is -2.07. The van der Waals surface area contributed by atoms with Crippen molar-refractivity contribution in [3.05, 3.63) is 65.7 Å². The third-order valence-electron chi connectivity index (χ3n) is 3.49. The van der Waals surface area contributed by atoms with Crippen LogP contribution in [0.25, 0.3) is 5.69 Å². The largest absolute Gasteiger partial charge is 0.351 e. The Bertz CT molecular complexity index is 826. The maximum absolute atomic E-state index is 12.0. The zero-order chi connectivity index (χ0) is 17.6. The van der Waals surface area contributed by atoms with Crippen molar-refractivity contribution >= 4 is 17.7 Å². The lowest BCUT2D eigenvalue weighted by atomic mass is 10.2. The van der Waals surface area contributed by atoms with Gasteiger partial charge in [0.1, 0.15) is 0 Å². The fraction of sp³-hybridized carbons (Fsp3) is 0.222. The number of carbonyl (C=O) groups is 1. The highest BCUT2D eigenvalue weighted by Crippen LogP contribution is 2.14. The number of hydrogen-bond donors (Lipinski definition) is 1. The first kappa shape index (κ1) is 17.2. The lowest BCUT2D eigenvalue weighted by Crippen LogP contribution is -2.24. The van der Waals surface area contributed by atoms with E-state index in [0.717, 1.165) is 22.6 Å². The topological polar surface area (TPSA) is 72.7 Å². The number of amides is 1. The summed E-state index contributed by atoms with van der Waals surface area (Å²) in [6.07, 6.45) is 3.63. The molecule has 0 bridgehead atoms. The number of nitrogens with zero attached hydrogens (tertiary/aromatic N) is 4. The zero-order valence-corrected chi connectivity index (χ0v) is 15.0. The molecule has 7 heteroatoms. The summed E-state index contributed by atoms with van der Waals surface area (Å²) in [4.78, 5) is 20.7. The second-order valence-electron chi connectivity index (χ2n) is 5.62. The van der Waals surface area contributed by atoms with Crippen molar-refractivity contribution in [2.75, 3.05) is 5.75 Å². The minimum absolute atomic E-state index is 0.0380. The van der Waals surface area contributed by atoms with Gasteiger partial charge in [-0.15, -0.1) is 0 Å². The van der Waals surface area contributed by atoms with Crippen LogP contribution in [0.15, 0.2) is 53.9 Å². The molecule has 0 atom stereocenters. The van der Waals surface area contributed by atoms with E-state index >= 15 is 0 Å². The van der Waals surface area contributed by atoms with Gasteiger partial charge in [0, 0.05) is 30.3 Å². The van der Waals surface area contributed by atoms with Gasteiger partial charge in [-0.3, -0.25) is 4.79 Å². The molecule has 0 aliphatic rings. The van der Waals surface area contributed by atoms with E-state index in [-0.39, 0.29) is 5.91 Å². The molecule has 2 heterocycles. The van der Waals surface area contributed by atoms with Gasteiger partial charge < -0.3 is 5.32 Å². The Morgan fingerprint density at radius 3 is 2.52 bits per heavy atom. The SMILES string of the molecule is Cc1cc(C)nc(SCC(=O)NCc2ccc(-n3cccn3)cc2)n1. The van der Waals surface area contributed by atoms with Gasteiger partial charge in [-0.05, 0) is 43.7 Å². The van der Waals surface area contributed by atoms with Crippen LogP contribution in [-0.2, 0) is 11.3 Å². The third-order valence-corrected chi connectivity index (χ3v) is 4.34. The monoisotopic (exact) mass is 353 g/mol. The Morgan fingerprint density at radius 2 is 1.88 bits per heavy atom. The molecule has 0 aliphatic carbocycles. The Labute approximate surface area is 150 Å². The molecule has 1 N–H and O–H groups in total. The van der Waals surface area contributed by atoms with Crippen molar-refractivity contribution in [3.8, 4) is 5.69 Å². The summed E-state index contributed by atoms with van der Waals surface area (Å²) in [6.45, 7) is 4.34. The van der Waals surface area contributed by atoms with Crippen molar-refractivity contribution in [1.82, 2.24) is 25.1 Å². The fourth-order valence-corrected chi connectivity index (χ4v) is 3.11. The molecular formula is C18H19N5OS. The smallest absolute Gasteiger partial charge is 0.230 e. The van der Waals surface area contributed by atoms with Gasteiger partial charge in [-0.25, -0.2) is 14.6 Å². The molecule has 2 aromatic heterocycles. The molecule has 128 valence electrons. The van der Waals surface area contributed by atoms with Crippen LogP contribution in [0, 0.1) is 13.8 Å². The summed E-state index contributed by atoms with van der Waals surface area (Å²) in [5.74, 6) is 0.262. The highest BCUT2D eigenvalue weighted by Gasteiger charge is 2.06. The molecule has 0 fully saturated rings. The van der Waals surface area contributed by atoms with Crippen molar-refractivity contribution < 1.29 is 4.79 Å². The van der Waals surface area contributed by atoms with Crippen LogP contribution in [0.2, 0.25) is 0 Å². The summed E-state index contributed by atoms with van der Waals surface area (Å²) >= 11 is 1.35. The van der Waals surface area contributed by atoms with Gasteiger partial charge in [0.05, 0.1) is 11.4 Å². The Morgan fingerprint density at radius 1 is 1.16 bits per heavy atom. The minimum atomic E-state index is -0.0380. The number of benzene rings is 1. The van der Waals surface area contributed by atoms with E-state index in [2.05, 4.69) is 20.4 Å². The minimum Gasteiger partial charge on any atom is -0.351 e. The van der Waals surface area contributed by atoms with E-state index < -0.39 is 0 Å². The molecule has 3 aromatic rings. The second-order valence-corrected chi connectivity index (χ2v) is 6.56. The molecule has 25 heavy (non-hydrogen) atoms. The number of thioether (sulfide) groups is 1. The number of aromatic nitrogens is 4. The van der Waals surface area contributed by atoms with Gasteiger partial charge in [-0.2, -0.15) is 5.10 Å². The van der Waals surface area contributed by atoms with Crippen LogP contribution in [0.3, 0.4) is 0 Å². The van der Waals surface area contributed by atoms with Crippen molar-refractivity contribution in [2.24, 2.45) is 0 Å². The molecule has 3 rings (SSSR count). The predicted octanol–water partition coefficient (Wildman–Crippen LogP) is 2.69. The molecule has 0 radical (unpaired) electrons. The molecule has 0 saturated carbocycles. The summed E-state index contributed by atoms with van der Waals surface area (Å²) in [6, 6.07) is 11.7. The van der Waals surface area contributed by atoms with Gasteiger partial charge >= 0.3 is 0 Å². The average molecular weight is 353 g/mol. The van der Waals surface area contributed by atoms with E-state index in [0.29, 0.717) is 17.5 Å². The molecule has 1 aromatic carbocycles. The van der Waals surface area contributed by atoms with Gasteiger partial charge in [-0.1, -0.05) is 23.9 Å². The average Bonchev–Trinajstić information content (AvgIpc) is 3.12. The third kappa shape index (κ3) is 4.90. The number of rotatable bonds is 6. The van der Waals surface area contributed by atoms with E-state index in [1.165, 1.54) is 11.8 Å². The Balaban J connectivity index is 1.48. The zero-order valence-electron chi connectivity index (χ0n) is 14.1. The van der Waals surface area contributed by atoms with Crippen LogP contribution >= 0.6 is 11.8 Å². The Kier molecular flexibility index (Phi) is 5.45. The van der Waals surface area contributed by atoms with Gasteiger partial charge in [0.25, 0.3) is 0 Å². The maximum atomic E-state index is 12.0. The lowest BCUT2D eigenvalue weighted by molar-refractivity contribution is -0.118. The van der Waals surface area contributed by atoms with Gasteiger partial charge in [0.15, 0.2) is 5.16 Å². The quantitative estimate of drug-likeness (QED) is 0.545. The summed E-state index contributed by atoms with van der Waals surface area (Å²) in [5, 5.41) is 7.74. The number of carbonyl (C=O) groups excluding carboxylic acids is 1. The Hall–Kier alpha value is -2.67. The highest BCUT2D eigenvalue weighted by atomic mass is 32.2. The number of nitrogens with one attached hydrogen (secondary N) is 1. The molecular weight excluding hydrogens is 334 g/mol. The van der Waals surface area contributed by atoms with E-state index in [9.17, 15) is 4.79 Å². The van der Waals surface area contributed by atoms with Crippen LogP contribution in [0.1, 0.15) is 17.0 Å². The van der Waals surface area contributed by atoms with Gasteiger partial charge in [0.2, 0.25) is 5.91 Å². The molecule has 0 aliphatic heterocycles. The summed E-state index contributed by atoms with van der Waals surface area (Å²) in [7, 11) is 0. The molecule has 0 unspecified atom stereocenters. The maximum Gasteiger partial charge on any atom is 0.230 e. The normalized spacial score (nSPS) is 10.6. The molecule has 1 amide bonds. The first-order valence-electron chi connectivity index (χ1n) is 7.91. The molecule has 0 spiro atoms. The standard InChI is InChI=1S/C18H19N5OS/c1-13-10-14(2)22-18(21-13)25-12-17(24)19-11-15-4-6-16(7-5-15)23-9-3-8-20-23/h3-10H,11-12H2,1-2H3,(H,19,24). The van der Waals surface area contributed by atoms with Crippen LogP contribution in [0.5, 0.6) is 0 Å². The number of aryl methyl sites for hydroxylation is 2. The fourth-order valence-electron chi connectivity index (χ4n) is 2.33. The summed E-state index contributed by atoms with van der Waals surface area (Å²) in [5.41, 5.74) is 3.85. The van der Waals surface area contributed by atoms with Crippen molar-refractivity contribution in [3.63, 3.8) is 0 Å². The second kappa shape index (κ2) is 7.94. The highest BCUT2D eigenvalue weighted by molar-refractivity contribution is 7.99. The molecule has 6 nitrogen and oxygen atoms in total. The molecule has 0 saturated heterocycles. The predicted molar refractivity (Wildman–Crippen MR) is 97.6 cm³/mol. The van der Waals surface area contributed by atoms with Crippen LogP contribution < -0.4 is 5.32 Å². The first-order valence-corrected chi connectivity index (χ1v) is 8.89.